The molecule has 21 heavy (non-hydrogen) atoms. The van der Waals surface area contributed by atoms with Gasteiger partial charge in [0.25, 0.3) is 0 Å². The van der Waals surface area contributed by atoms with Crippen LogP contribution in [0.15, 0.2) is 35.1 Å². The minimum Gasteiger partial charge on any atom is -0.359 e. The minimum absolute atomic E-state index is 0.0422. The number of hydrogen-bond donors (Lipinski definition) is 0. The summed E-state index contributed by atoms with van der Waals surface area (Å²) in [7, 11) is 3.69. The number of likely N-dealkylation sites (N-methyl/N-ethyl adjacent to an activating group) is 2. The van der Waals surface area contributed by atoms with Crippen LogP contribution in [0, 0.1) is 6.92 Å². The second-order valence-corrected chi connectivity index (χ2v) is 5.21. The Bertz CT molecular complexity index is 582. The van der Waals surface area contributed by atoms with E-state index < -0.39 is 0 Å². The molecule has 6 nitrogen and oxygen atoms in total. The first-order chi connectivity index (χ1) is 10.0. The number of carbonyl (C=O) groups is 1. The van der Waals surface area contributed by atoms with Crippen LogP contribution in [0.25, 0.3) is 0 Å². The zero-order valence-corrected chi connectivity index (χ0v) is 12.6. The number of hydrogen-bond acceptors (Lipinski definition) is 5. The second kappa shape index (κ2) is 6.99. The number of pyridine rings is 1. The van der Waals surface area contributed by atoms with Crippen molar-refractivity contribution < 1.29 is 9.32 Å². The van der Waals surface area contributed by atoms with Crippen molar-refractivity contribution in [3.05, 3.63) is 47.6 Å². The van der Waals surface area contributed by atoms with Gasteiger partial charge in [-0.3, -0.25) is 14.7 Å². The fourth-order valence-electron chi connectivity index (χ4n) is 2.02. The van der Waals surface area contributed by atoms with E-state index >= 15 is 0 Å². The number of amides is 1. The molecular weight excluding hydrogens is 268 g/mol. The summed E-state index contributed by atoms with van der Waals surface area (Å²) in [6, 6.07) is 5.73. The Morgan fingerprint density at radius 1 is 1.24 bits per heavy atom. The Hall–Kier alpha value is -2.21. The molecule has 2 heterocycles. The maximum atomic E-state index is 12.2. The third kappa shape index (κ3) is 4.68. The molecule has 0 saturated heterocycles. The van der Waals surface area contributed by atoms with E-state index in [1.807, 2.05) is 37.1 Å². The highest BCUT2D eigenvalue weighted by atomic mass is 16.5. The van der Waals surface area contributed by atoms with Crippen molar-refractivity contribution in [3.63, 3.8) is 0 Å². The largest absolute Gasteiger partial charge is 0.359 e. The van der Waals surface area contributed by atoms with Gasteiger partial charge in [0.15, 0.2) is 5.76 Å². The molecular formula is C15H20N4O2. The van der Waals surface area contributed by atoms with E-state index in [2.05, 4.69) is 10.1 Å². The highest BCUT2D eigenvalue weighted by molar-refractivity contribution is 5.77. The molecule has 0 atom stereocenters. The molecule has 2 aromatic heterocycles. The monoisotopic (exact) mass is 288 g/mol. The molecule has 0 aliphatic rings. The lowest BCUT2D eigenvalue weighted by molar-refractivity contribution is -0.131. The van der Waals surface area contributed by atoms with Gasteiger partial charge in [-0.15, -0.1) is 0 Å². The van der Waals surface area contributed by atoms with Gasteiger partial charge in [0.2, 0.25) is 5.91 Å². The summed E-state index contributed by atoms with van der Waals surface area (Å²) in [5.74, 6) is 0.737. The predicted octanol–water partition coefficient (Wildman–Crippen LogP) is 1.47. The van der Waals surface area contributed by atoms with Crippen LogP contribution in [0.2, 0.25) is 0 Å². The molecule has 0 N–H and O–H groups in total. The molecule has 1 amide bonds. The summed E-state index contributed by atoms with van der Waals surface area (Å²) < 4.78 is 5.12. The molecule has 0 saturated carbocycles. The molecule has 2 rings (SSSR count). The van der Waals surface area contributed by atoms with E-state index in [9.17, 15) is 4.79 Å². The number of aryl methyl sites for hydroxylation is 1. The van der Waals surface area contributed by atoms with Crippen LogP contribution in [0.4, 0.5) is 0 Å². The molecule has 6 heteroatoms. The first kappa shape index (κ1) is 15.2. The number of rotatable bonds is 6. The SMILES string of the molecule is Cc1cc(CN(C)C(=O)CN(C)Cc2ccncc2)on1. The fraction of sp³-hybridized carbons (Fsp3) is 0.400. The van der Waals surface area contributed by atoms with Gasteiger partial charge >= 0.3 is 0 Å². The van der Waals surface area contributed by atoms with Crippen molar-refractivity contribution in [3.8, 4) is 0 Å². The van der Waals surface area contributed by atoms with E-state index in [4.69, 9.17) is 4.52 Å². The van der Waals surface area contributed by atoms with Crippen LogP contribution in [-0.2, 0) is 17.9 Å². The summed E-state index contributed by atoms with van der Waals surface area (Å²) >= 11 is 0. The summed E-state index contributed by atoms with van der Waals surface area (Å²) in [6.45, 7) is 3.36. The van der Waals surface area contributed by atoms with Gasteiger partial charge in [0.1, 0.15) is 0 Å². The van der Waals surface area contributed by atoms with Crippen molar-refractivity contribution in [1.82, 2.24) is 19.9 Å². The van der Waals surface area contributed by atoms with Gasteiger partial charge in [-0.2, -0.15) is 0 Å². The molecule has 112 valence electrons. The smallest absolute Gasteiger partial charge is 0.236 e. The lowest BCUT2D eigenvalue weighted by atomic mass is 10.2. The topological polar surface area (TPSA) is 62.5 Å². The Balaban J connectivity index is 1.82. The van der Waals surface area contributed by atoms with Gasteiger partial charge in [0.05, 0.1) is 18.8 Å². The summed E-state index contributed by atoms with van der Waals surface area (Å²) in [4.78, 5) is 19.8. The van der Waals surface area contributed by atoms with Gasteiger partial charge in [-0.05, 0) is 31.7 Å². The van der Waals surface area contributed by atoms with E-state index in [1.165, 1.54) is 0 Å². The highest BCUT2D eigenvalue weighted by Crippen LogP contribution is 2.06. The lowest BCUT2D eigenvalue weighted by Crippen LogP contribution is -2.35. The number of aromatic nitrogens is 2. The fourth-order valence-corrected chi connectivity index (χ4v) is 2.02. The standard InChI is InChI=1S/C15H20N4O2/c1-12-8-14(21-17-12)10-19(3)15(20)11-18(2)9-13-4-6-16-7-5-13/h4-8H,9-11H2,1-3H3. The normalized spacial score (nSPS) is 10.9. The van der Waals surface area contributed by atoms with E-state index in [0.717, 1.165) is 11.3 Å². The first-order valence-electron chi connectivity index (χ1n) is 6.78. The summed E-state index contributed by atoms with van der Waals surface area (Å²) in [6.07, 6.45) is 3.51. The van der Waals surface area contributed by atoms with Crippen molar-refractivity contribution in [2.75, 3.05) is 20.6 Å². The summed E-state index contributed by atoms with van der Waals surface area (Å²) in [5, 5.41) is 3.82. The average Bonchev–Trinajstić information content (AvgIpc) is 2.85. The van der Waals surface area contributed by atoms with Crippen molar-refractivity contribution >= 4 is 5.91 Å². The van der Waals surface area contributed by atoms with Gasteiger partial charge in [-0.25, -0.2) is 0 Å². The lowest BCUT2D eigenvalue weighted by Gasteiger charge is -2.21. The van der Waals surface area contributed by atoms with E-state index in [-0.39, 0.29) is 5.91 Å². The molecule has 0 spiro atoms. The van der Waals surface area contributed by atoms with Gasteiger partial charge < -0.3 is 9.42 Å². The molecule has 0 bridgehead atoms. The zero-order valence-electron chi connectivity index (χ0n) is 12.6. The van der Waals surface area contributed by atoms with Crippen LogP contribution in [0.5, 0.6) is 0 Å². The van der Waals surface area contributed by atoms with Crippen LogP contribution < -0.4 is 0 Å². The van der Waals surface area contributed by atoms with Crippen LogP contribution in [0.3, 0.4) is 0 Å². The molecule has 0 fully saturated rings. The molecule has 0 aliphatic carbocycles. The van der Waals surface area contributed by atoms with Gasteiger partial charge in [0, 0.05) is 32.1 Å². The molecule has 0 unspecified atom stereocenters. The van der Waals surface area contributed by atoms with Crippen LogP contribution in [-0.4, -0.2) is 46.5 Å². The summed E-state index contributed by atoms with van der Waals surface area (Å²) in [5.41, 5.74) is 1.95. The van der Waals surface area contributed by atoms with E-state index in [0.29, 0.717) is 25.4 Å². The number of carbonyl (C=O) groups excluding carboxylic acids is 1. The van der Waals surface area contributed by atoms with Crippen molar-refractivity contribution in [2.24, 2.45) is 0 Å². The second-order valence-electron chi connectivity index (χ2n) is 5.21. The maximum Gasteiger partial charge on any atom is 0.236 e. The van der Waals surface area contributed by atoms with Crippen molar-refractivity contribution in [1.29, 1.82) is 0 Å². The van der Waals surface area contributed by atoms with Crippen molar-refractivity contribution in [2.45, 2.75) is 20.0 Å². The van der Waals surface area contributed by atoms with E-state index in [1.54, 1.807) is 24.3 Å². The van der Waals surface area contributed by atoms with Crippen LogP contribution >= 0.6 is 0 Å². The Labute approximate surface area is 124 Å². The highest BCUT2D eigenvalue weighted by Gasteiger charge is 2.14. The van der Waals surface area contributed by atoms with Gasteiger partial charge in [-0.1, -0.05) is 5.16 Å². The minimum atomic E-state index is 0.0422. The first-order valence-corrected chi connectivity index (χ1v) is 6.78. The Morgan fingerprint density at radius 3 is 2.57 bits per heavy atom. The Morgan fingerprint density at radius 2 is 1.95 bits per heavy atom. The molecule has 0 radical (unpaired) electrons. The molecule has 0 aliphatic heterocycles. The molecule has 2 aromatic rings. The predicted molar refractivity (Wildman–Crippen MR) is 78.3 cm³/mol. The third-order valence-corrected chi connectivity index (χ3v) is 3.10. The maximum absolute atomic E-state index is 12.2. The zero-order chi connectivity index (χ0) is 15.2. The Kier molecular flexibility index (Phi) is 5.05. The molecule has 0 aromatic carbocycles. The number of nitrogens with zero attached hydrogens (tertiary/aromatic N) is 4. The van der Waals surface area contributed by atoms with Crippen LogP contribution in [0.1, 0.15) is 17.0 Å². The third-order valence-electron chi connectivity index (χ3n) is 3.10. The quantitative estimate of drug-likeness (QED) is 0.805. The average molecular weight is 288 g/mol.